The molecule has 0 saturated heterocycles. The van der Waals surface area contributed by atoms with Crippen molar-refractivity contribution in [3.63, 3.8) is 0 Å². The second-order valence-electron chi connectivity index (χ2n) is 5.59. The number of nitrogens with two attached hydrogens (primary N) is 1. The topological polar surface area (TPSA) is 92.8 Å². The van der Waals surface area contributed by atoms with Gasteiger partial charge in [0.15, 0.2) is 0 Å². The smallest absolute Gasteiger partial charge is 0.303 e. The molecule has 5 atom stereocenters. The van der Waals surface area contributed by atoms with Gasteiger partial charge in [-0.05, 0) is 42.6 Å². The number of hydrogen-bond donors (Lipinski definition) is 3. The van der Waals surface area contributed by atoms with Gasteiger partial charge in [-0.3, -0.25) is 10.1 Å². The fourth-order valence-electron chi connectivity index (χ4n) is 4.01. The Morgan fingerprint density at radius 2 is 2.29 bits per heavy atom. The van der Waals surface area contributed by atoms with E-state index in [1.807, 2.05) is 0 Å². The normalized spacial score (nSPS) is 44.2. The molecule has 2 aliphatic rings. The summed E-state index contributed by atoms with van der Waals surface area (Å²) in [5.41, 5.74) is 5.51. The van der Waals surface area contributed by atoms with Crippen molar-refractivity contribution in [2.45, 2.75) is 38.7 Å². The lowest BCUT2D eigenvalue weighted by molar-refractivity contribution is -0.305. The lowest BCUT2D eigenvalue weighted by Crippen LogP contribution is -2.53. The van der Waals surface area contributed by atoms with Crippen LogP contribution in [0.2, 0.25) is 0 Å². The summed E-state index contributed by atoms with van der Waals surface area (Å²) < 4.78 is 0. The first-order valence-corrected chi connectivity index (χ1v) is 6.30. The van der Waals surface area contributed by atoms with Crippen LogP contribution in [0.1, 0.15) is 32.6 Å². The van der Waals surface area contributed by atoms with Crippen LogP contribution >= 0.6 is 0 Å². The van der Waals surface area contributed by atoms with Crippen molar-refractivity contribution in [2.75, 3.05) is 6.54 Å². The van der Waals surface area contributed by atoms with Crippen LogP contribution in [0.5, 0.6) is 0 Å². The van der Waals surface area contributed by atoms with E-state index >= 15 is 0 Å². The lowest BCUT2D eigenvalue weighted by Gasteiger charge is -2.52. The van der Waals surface area contributed by atoms with E-state index in [0.29, 0.717) is 18.4 Å². The first kappa shape index (κ1) is 12.8. The molecule has 2 unspecified atom stereocenters. The van der Waals surface area contributed by atoms with Gasteiger partial charge >= 0.3 is 5.97 Å². The van der Waals surface area contributed by atoms with Gasteiger partial charge in [-0.1, -0.05) is 13.3 Å². The third-order valence-corrected chi connectivity index (χ3v) is 4.94. The van der Waals surface area contributed by atoms with Crippen molar-refractivity contribution in [3.05, 3.63) is 0 Å². The minimum atomic E-state index is -0.782. The number of carboxylic acid groups (broad SMARTS) is 1. The molecule has 0 spiro atoms. The summed E-state index contributed by atoms with van der Waals surface area (Å²) in [7, 11) is 0. The molecule has 2 rings (SSSR count). The van der Waals surface area contributed by atoms with Gasteiger partial charge in [-0.2, -0.15) is 0 Å². The largest absolute Gasteiger partial charge is 0.481 e. The summed E-state index contributed by atoms with van der Waals surface area (Å²) in [6.45, 7) is 2.48. The molecule has 2 fully saturated rings. The van der Waals surface area contributed by atoms with Crippen molar-refractivity contribution in [1.29, 1.82) is 0 Å². The van der Waals surface area contributed by atoms with Crippen LogP contribution < -0.4 is 5.73 Å². The van der Waals surface area contributed by atoms with E-state index in [9.17, 15) is 4.79 Å². The number of carbonyl (C=O) groups is 1. The Morgan fingerprint density at radius 1 is 1.59 bits per heavy atom. The zero-order chi connectivity index (χ0) is 12.6. The van der Waals surface area contributed by atoms with Gasteiger partial charge in [-0.15, -0.1) is 0 Å². The van der Waals surface area contributed by atoms with E-state index in [0.717, 1.165) is 19.3 Å². The van der Waals surface area contributed by atoms with E-state index < -0.39 is 5.97 Å². The third kappa shape index (κ3) is 1.86. The van der Waals surface area contributed by atoms with Gasteiger partial charge in [0.2, 0.25) is 0 Å². The molecule has 17 heavy (non-hydrogen) atoms. The summed E-state index contributed by atoms with van der Waals surface area (Å²) in [6, 6.07) is 0. The number of rotatable bonds is 5. The molecule has 98 valence electrons. The van der Waals surface area contributed by atoms with Gasteiger partial charge < -0.3 is 10.8 Å². The maximum Gasteiger partial charge on any atom is 0.303 e. The Balaban J connectivity index is 2.11. The van der Waals surface area contributed by atoms with Crippen molar-refractivity contribution in [2.24, 2.45) is 28.9 Å². The minimum Gasteiger partial charge on any atom is -0.481 e. The van der Waals surface area contributed by atoms with Crippen molar-refractivity contribution < 1.29 is 20.0 Å². The number of hydrogen-bond acceptors (Lipinski definition) is 4. The predicted molar refractivity (Wildman–Crippen MR) is 61.2 cm³/mol. The van der Waals surface area contributed by atoms with E-state index in [2.05, 4.69) is 11.8 Å². The minimum absolute atomic E-state index is 0.126. The van der Waals surface area contributed by atoms with Crippen molar-refractivity contribution in [3.8, 4) is 0 Å². The molecule has 0 aromatic rings. The van der Waals surface area contributed by atoms with Gasteiger partial charge in [0.05, 0.1) is 12.5 Å². The Hall–Kier alpha value is -0.650. The average molecular weight is 243 g/mol. The maximum atomic E-state index is 10.9. The van der Waals surface area contributed by atoms with Gasteiger partial charge in [0.1, 0.15) is 0 Å². The summed E-state index contributed by atoms with van der Waals surface area (Å²) in [5, 5.41) is 17.9. The lowest BCUT2D eigenvalue weighted by atomic mass is 9.53. The Labute approximate surface area is 101 Å². The van der Waals surface area contributed by atoms with Crippen LogP contribution in [0.25, 0.3) is 0 Å². The Morgan fingerprint density at radius 3 is 2.76 bits per heavy atom. The predicted octanol–water partition coefficient (Wildman–Crippen LogP) is 1.33. The molecule has 5 heteroatoms. The highest BCUT2D eigenvalue weighted by Crippen LogP contribution is 2.62. The highest BCUT2D eigenvalue weighted by atomic mass is 17.1. The molecule has 4 N–H and O–H groups in total. The fraction of sp³-hybridized carbons (Fsp3) is 0.917. The van der Waals surface area contributed by atoms with Crippen molar-refractivity contribution >= 4 is 5.97 Å². The van der Waals surface area contributed by atoms with Gasteiger partial charge in [0.25, 0.3) is 0 Å². The molecular formula is C12H21NO4. The summed E-state index contributed by atoms with van der Waals surface area (Å²) in [5.74, 6) is 0.131. The van der Waals surface area contributed by atoms with E-state index in [1.54, 1.807) is 0 Å². The zero-order valence-corrected chi connectivity index (χ0v) is 10.1. The van der Waals surface area contributed by atoms with Crippen LogP contribution in [0.15, 0.2) is 0 Å². The molecule has 2 aliphatic carbocycles. The number of carboxylic acids is 1. The zero-order valence-electron chi connectivity index (χ0n) is 10.1. The molecule has 2 saturated carbocycles. The third-order valence-electron chi connectivity index (χ3n) is 4.94. The SMILES string of the molecule is CCC1C[C@@H]2[C@@H](C[C@]2(CN)CC(=O)O)C1OO. The summed E-state index contributed by atoms with van der Waals surface area (Å²) in [6.07, 6.45) is 2.66. The number of fused-ring (bicyclic) bond motifs is 1. The van der Waals surface area contributed by atoms with Gasteiger partial charge in [0, 0.05) is 0 Å². The van der Waals surface area contributed by atoms with Crippen LogP contribution in [-0.4, -0.2) is 29.0 Å². The molecule has 0 bridgehead atoms. The monoisotopic (exact) mass is 243 g/mol. The van der Waals surface area contributed by atoms with E-state index in [4.69, 9.17) is 16.1 Å². The first-order chi connectivity index (χ1) is 8.07. The summed E-state index contributed by atoms with van der Waals surface area (Å²) >= 11 is 0. The molecule has 0 amide bonds. The van der Waals surface area contributed by atoms with Crippen LogP contribution in [0.3, 0.4) is 0 Å². The molecule has 0 heterocycles. The second-order valence-corrected chi connectivity index (χ2v) is 5.59. The highest BCUT2D eigenvalue weighted by Gasteiger charge is 2.61. The molecule has 0 aliphatic heterocycles. The molecule has 0 aromatic heterocycles. The highest BCUT2D eigenvalue weighted by molar-refractivity contribution is 5.68. The molecule has 0 radical (unpaired) electrons. The van der Waals surface area contributed by atoms with Crippen molar-refractivity contribution in [1.82, 2.24) is 0 Å². The van der Waals surface area contributed by atoms with E-state index in [1.165, 1.54) is 0 Å². The number of aliphatic carboxylic acids is 1. The summed E-state index contributed by atoms with van der Waals surface area (Å²) in [4.78, 5) is 15.5. The first-order valence-electron chi connectivity index (χ1n) is 6.30. The Kier molecular flexibility index (Phi) is 3.43. The fourth-order valence-corrected chi connectivity index (χ4v) is 4.01. The molecule has 0 aromatic carbocycles. The van der Waals surface area contributed by atoms with E-state index in [-0.39, 0.29) is 23.9 Å². The quantitative estimate of drug-likeness (QED) is 0.500. The molecular weight excluding hydrogens is 222 g/mol. The average Bonchev–Trinajstić information content (AvgIpc) is 2.59. The second kappa shape index (κ2) is 4.55. The van der Waals surface area contributed by atoms with Crippen LogP contribution in [0, 0.1) is 23.2 Å². The van der Waals surface area contributed by atoms with Crippen LogP contribution in [-0.2, 0) is 9.68 Å². The van der Waals surface area contributed by atoms with Gasteiger partial charge in [-0.25, -0.2) is 4.89 Å². The standard InChI is InChI=1S/C12H21NO4/c1-2-7-3-9-8(11(7)17-16)4-12(9,6-13)5-10(14)15/h7-9,11,16H,2-6,13H2,1H3,(H,14,15)/t7?,8-,9-,11?,12-/m1/s1. The van der Waals surface area contributed by atoms with Crippen LogP contribution in [0.4, 0.5) is 0 Å². The Bertz CT molecular complexity index is 309. The maximum absolute atomic E-state index is 10.9. The molecule has 5 nitrogen and oxygen atoms in total.